The van der Waals surface area contributed by atoms with E-state index in [0.717, 1.165) is 24.1 Å². The third-order valence-corrected chi connectivity index (χ3v) is 2.87. The molecule has 0 bridgehead atoms. The summed E-state index contributed by atoms with van der Waals surface area (Å²) in [7, 11) is 0. The van der Waals surface area contributed by atoms with E-state index >= 15 is 0 Å². The van der Waals surface area contributed by atoms with Gasteiger partial charge in [0.1, 0.15) is 5.84 Å². The molecule has 4 nitrogen and oxygen atoms in total. The Hall–Kier alpha value is -1.58. The van der Waals surface area contributed by atoms with Gasteiger partial charge in [-0.25, -0.2) is 4.98 Å². The molecule has 0 amide bonds. The van der Waals surface area contributed by atoms with Gasteiger partial charge in [0.05, 0.1) is 12.2 Å². The Morgan fingerprint density at radius 3 is 2.72 bits per heavy atom. The summed E-state index contributed by atoms with van der Waals surface area (Å²) in [6.45, 7) is 8.77. The normalized spacial score (nSPS) is 12.2. The van der Waals surface area contributed by atoms with Gasteiger partial charge in [-0.15, -0.1) is 0 Å². The van der Waals surface area contributed by atoms with E-state index in [1.807, 2.05) is 19.9 Å². The van der Waals surface area contributed by atoms with Crippen LogP contribution >= 0.6 is 0 Å². The summed E-state index contributed by atoms with van der Waals surface area (Å²) < 4.78 is 5.74. The first kappa shape index (κ1) is 14.5. The van der Waals surface area contributed by atoms with E-state index in [4.69, 9.17) is 15.9 Å². The highest BCUT2D eigenvalue weighted by Crippen LogP contribution is 2.21. The number of nitrogens with two attached hydrogens (primary N) is 1. The Bertz CT molecular complexity index is 429. The summed E-state index contributed by atoms with van der Waals surface area (Å²) in [5.74, 6) is 0.985. The number of ether oxygens (including phenoxy) is 1. The van der Waals surface area contributed by atoms with Gasteiger partial charge >= 0.3 is 0 Å². The minimum absolute atomic E-state index is 0.0122. The van der Waals surface area contributed by atoms with Crippen molar-refractivity contribution in [3.05, 3.63) is 22.9 Å². The lowest BCUT2D eigenvalue weighted by Gasteiger charge is -2.15. The third-order valence-electron chi connectivity index (χ3n) is 2.87. The van der Waals surface area contributed by atoms with E-state index < -0.39 is 0 Å². The van der Waals surface area contributed by atoms with Gasteiger partial charge in [0.2, 0.25) is 5.88 Å². The Labute approximate surface area is 109 Å². The average molecular weight is 249 g/mol. The van der Waals surface area contributed by atoms with Crippen LogP contribution in [0.3, 0.4) is 0 Å². The van der Waals surface area contributed by atoms with Crippen molar-refractivity contribution in [2.45, 2.75) is 40.5 Å². The standard InChI is InChI=1S/C14H23N3O/c1-5-6-9(2)8-18-14-12(13(15)16)10(3)7-11(4)17-14/h7,9H,5-6,8H2,1-4H3,(H3,15,16). The van der Waals surface area contributed by atoms with E-state index in [0.29, 0.717) is 24.0 Å². The number of hydrogen-bond acceptors (Lipinski definition) is 3. The first-order valence-electron chi connectivity index (χ1n) is 6.41. The highest BCUT2D eigenvalue weighted by Gasteiger charge is 2.14. The van der Waals surface area contributed by atoms with Gasteiger partial charge in [-0.1, -0.05) is 20.3 Å². The minimum Gasteiger partial charge on any atom is -0.477 e. The van der Waals surface area contributed by atoms with Crippen LogP contribution in [0.5, 0.6) is 5.88 Å². The summed E-state index contributed by atoms with van der Waals surface area (Å²) in [6, 6.07) is 1.92. The molecule has 100 valence electrons. The van der Waals surface area contributed by atoms with Crippen molar-refractivity contribution in [2.75, 3.05) is 6.61 Å². The molecule has 0 aliphatic heterocycles. The second kappa shape index (κ2) is 6.38. The number of nitrogens with zero attached hydrogens (tertiary/aromatic N) is 1. The van der Waals surface area contributed by atoms with E-state index in [1.54, 1.807) is 0 Å². The summed E-state index contributed by atoms with van der Waals surface area (Å²) in [5, 5.41) is 7.61. The fourth-order valence-electron chi connectivity index (χ4n) is 2.03. The molecule has 0 aliphatic rings. The zero-order valence-corrected chi connectivity index (χ0v) is 11.7. The predicted octanol–water partition coefficient (Wildman–Crippen LogP) is 2.80. The zero-order chi connectivity index (χ0) is 13.7. The van der Waals surface area contributed by atoms with Crippen molar-refractivity contribution >= 4 is 5.84 Å². The van der Waals surface area contributed by atoms with Gasteiger partial charge in [0, 0.05) is 5.69 Å². The van der Waals surface area contributed by atoms with E-state index in [1.165, 1.54) is 0 Å². The molecule has 0 radical (unpaired) electrons. The second-order valence-electron chi connectivity index (χ2n) is 4.88. The van der Waals surface area contributed by atoms with Crippen LogP contribution in [0.4, 0.5) is 0 Å². The van der Waals surface area contributed by atoms with E-state index in [-0.39, 0.29) is 5.84 Å². The molecule has 1 unspecified atom stereocenters. The molecule has 0 saturated heterocycles. The minimum atomic E-state index is 0.0122. The third kappa shape index (κ3) is 3.72. The first-order valence-corrected chi connectivity index (χ1v) is 6.41. The Balaban J connectivity index is 2.90. The van der Waals surface area contributed by atoms with Crippen LogP contribution in [0.15, 0.2) is 6.07 Å². The number of nitrogen functional groups attached to an aromatic ring is 1. The number of amidine groups is 1. The van der Waals surface area contributed by atoms with Crippen molar-refractivity contribution in [1.82, 2.24) is 4.98 Å². The molecule has 1 heterocycles. The van der Waals surface area contributed by atoms with Crippen LogP contribution in [-0.4, -0.2) is 17.4 Å². The molecule has 1 aromatic heterocycles. The molecule has 0 fully saturated rings. The van der Waals surface area contributed by atoms with Crippen molar-refractivity contribution in [3.63, 3.8) is 0 Å². The maximum atomic E-state index is 7.61. The van der Waals surface area contributed by atoms with Gasteiger partial charge in [0.25, 0.3) is 0 Å². The smallest absolute Gasteiger partial charge is 0.225 e. The van der Waals surface area contributed by atoms with Crippen molar-refractivity contribution < 1.29 is 4.74 Å². The lowest BCUT2D eigenvalue weighted by atomic mass is 10.1. The molecular weight excluding hydrogens is 226 g/mol. The Morgan fingerprint density at radius 2 is 2.17 bits per heavy atom. The number of aromatic nitrogens is 1. The fraction of sp³-hybridized carbons (Fsp3) is 0.571. The fourth-order valence-corrected chi connectivity index (χ4v) is 2.03. The second-order valence-corrected chi connectivity index (χ2v) is 4.88. The quantitative estimate of drug-likeness (QED) is 0.601. The van der Waals surface area contributed by atoms with Gasteiger partial charge < -0.3 is 10.5 Å². The molecule has 0 spiro atoms. The number of hydrogen-bond donors (Lipinski definition) is 2. The molecule has 1 atom stereocenters. The first-order chi connectivity index (χ1) is 8.45. The molecule has 0 aromatic carbocycles. The maximum Gasteiger partial charge on any atom is 0.225 e. The van der Waals surface area contributed by atoms with Crippen molar-refractivity contribution in [2.24, 2.45) is 11.7 Å². The Kier molecular flexibility index (Phi) is 5.13. The topological polar surface area (TPSA) is 72.0 Å². The molecule has 18 heavy (non-hydrogen) atoms. The van der Waals surface area contributed by atoms with E-state index in [9.17, 15) is 0 Å². The maximum absolute atomic E-state index is 7.61. The number of nitrogens with one attached hydrogen (secondary N) is 1. The van der Waals surface area contributed by atoms with Crippen LogP contribution in [0.1, 0.15) is 43.5 Å². The summed E-state index contributed by atoms with van der Waals surface area (Å²) in [5.41, 5.74) is 8.03. The largest absolute Gasteiger partial charge is 0.477 e. The highest BCUT2D eigenvalue weighted by atomic mass is 16.5. The molecule has 1 aromatic rings. The average Bonchev–Trinajstić information content (AvgIpc) is 2.25. The summed E-state index contributed by atoms with van der Waals surface area (Å²) in [4.78, 5) is 4.34. The van der Waals surface area contributed by atoms with Crippen LogP contribution in [-0.2, 0) is 0 Å². The molecule has 1 rings (SSSR count). The molecule has 4 heteroatoms. The van der Waals surface area contributed by atoms with Gasteiger partial charge in [-0.2, -0.15) is 0 Å². The van der Waals surface area contributed by atoms with Crippen LogP contribution in [0.25, 0.3) is 0 Å². The molecule has 0 saturated carbocycles. The molecular formula is C14H23N3O. The van der Waals surface area contributed by atoms with Crippen molar-refractivity contribution in [1.29, 1.82) is 5.41 Å². The number of aryl methyl sites for hydroxylation is 2. The summed E-state index contributed by atoms with van der Waals surface area (Å²) >= 11 is 0. The van der Waals surface area contributed by atoms with Crippen molar-refractivity contribution in [3.8, 4) is 5.88 Å². The van der Waals surface area contributed by atoms with Crippen LogP contribution in [0.2, 0.25) is 0 Å². The van der Waals surface area contributed by atoms with Gasteiger partial charge in [-0.3, -0.25) is 5.41 Å². The lowest BCUT2D eigenvalue weighted by molar-refractivity contribution is 0.242. The summed E-state index contributed by atoms with van der Waals surface area (Å²) in [6.07, 6.45) is 2.27. The Morgan fingerprint density at radius 1 is 1.50 bits per heavy atom. The highest BCUT2D eigenvalue weighted by molar-refractivity contribution is 5.98. The monoisotopic (exact) mass is 249 g/mol. The van der Waals surface area contributed by atoms with Crippen LogP contribution in [0, 0.1) is 25.2 Å². The van der Waals surface area contributed by atoms with Gasteiger partial charge in [0.15, 0.2) is 0 Å². The zero-order valence-electron chi connectivity index (χ0n) is 11.7. The SMILES string of the molecule is CCCC(C)COc1nc(C)cc(C)c1C(=N)N. The lowest BCUT2D eigenvalue weighted by Crippen LogP contribution is -2.18. The van der Waals surface area contributed by atoms with E-state index in [2.05, 4.69) is 18.8 Å². The molecule has 0 aliphatic carbocycles. The van der Waals surface area contributed by atoms with Crippen LogP contribution < -0.4 is 10.5 Å². The number of rotatable bonds is 6. The molecule has 3 N–H and O–H groups in total. The number of pyridine rings is 1. The predicted molar refractivity (Wildman–Crippen MR) is 74.3 cm³/mol. The van der Waals surface area contributed by atoms with Gasteiger partial charge in [-0.05, 0) is 37.8 Å².